The van der Waals surface area contributed by atoms with Crippen molar-refractivity contribution < 1.29 is 38.1 Å². The molecule has 0 aromatic heterocycles. The first-order valence-electron chi connectivity index (χ1n) is 10.8. The summed E-state index contributed by atoms with van der Waals surface area (Å²) in [6, 6.07) is 16.5. The van der Waals surface area contributed by atoms with E-state index in [1.807, 2.05) is 54.6 Å². The van der Waals surface area contributed by atoms with Gasteiger partial charge in [-0.25, -0.2) is 0 Å². The van der Waals surface area contributed by atoms with Gasteiger partial charge in [-0.05, 0) is 34.9 Å². The molecular weight excluding hydrogens is 440 g/mol. The molecule has 0 heterocycles. The van der Waals surface area contributed by atoms with Gasteiger partial charge in [0.2, 0.25) is 0 Å². The van der Waals surface area contributed by atoms with Gasteiger partial charge in [-0.15, -0.1) is 0 Å². The van der Waals surface area contributed by atoms with Crippen LogP contribution in [-0.2, 0) is 44.5 Å². The molecule has 34 heavy (non-hydrogen) atoms. The molecule has 2 aromatic carbocycles. The van der Waals surface area contributed by atoms with Crippen LogP contribution in [0.3, 0.4) is 0 Å². The predicted octanol–water partition coefficient (Wildman–Crippen LogP) is 2.65. The van der Waals surface area contributed by atoms with E-state index in [4.69, 9.17) is 18.9 Å². The van der Waals surface area contributed by atoms with E-state index in [1.54, 1.807) is 0 Å². The molecule has 8 nitrogen and oxygen atoms in total. The van der Waals surface area contributed by atoms with E-state index in [0.29, 0.717) is 6.42 Å². The number of ether oxygens (including phenoxy) is 4. The fraction of sp³-hybridized carbons (Fsp3) is 0.385. The fourth-order valence-electron chi connectivity index (χ4n) is 5.07. The summed E-state index contributed by atoms with van der Waals surface area (Å²) in [5.74, 6) is -7.66. The molecule has 0 spiro atoms. The van der Waals surface area contributed by atoms with Crippen LogP contribution in [0.4, 0.5) is 0 Å². The third-order valence-electron chi connectivity index (χ3n) is 6.51. The van der Waals surface area contributed by atoms with Gasteiger partial charge in [-0.1, -0.05) is 54.6 Å². The molecule has 0 saturated heterocycles. The lowest BCUT2D eigenvalue weighted by Crippen LogP contribution is -2.45. The van der Waals surface area contributed by atoms with E-state index >= 15 is 0 Å². The zero-order valence-corrected chi connectivity index (χ0v) is 19.6. The highest BCUT2D eigenvalue weighted by Crippen LogP contribution is 2.52. The summed E-state index contributed by atoms with van der Waals surface area (Å²) >= 11 is 0. The topological polar surface area (TPSA) is 105 Å². The number of carbonyl (C=O) groups is 4. The Morgan fingerprint density at radius 3 is 1.68 bits per heavy atom. The largest absolute Gasteiger partial charge is 0.468 e. The van der Waals surface area contributed by atoms with Crippen LogP contribution in [0.15, 0.2) is 54.6 Å². The van der Waals surface area contributed by atoms with Gasteiger partial charge in [0.05, 0.1) is 28.4 Å². The van der Waals surface area contributed by atoms with E-state index < -0.39 is 53.5 Å². The van der Waals surface area contributed by atoms with Gasteiger partial charge in [-0.3, -0.25) is 19.2 Å². The molecule has 0 aliphatic heterocycles. The zero-order chi connectivity index (χ0) is 24.8. The molecule has 180 valence electrons. The molecule has 0 saturated carbocycles. The van der Waals surface area contributed by atoms with Crippen LogP contribution in [0.1, 0.15) is 28.5 Å². The highest BCUT2D eigenvalue weighted by atomic mass is 16.5. The SMILES string of the molecule is COC(=O)C(C(=O)OC)C1Cc2ccccc2C(C(C(=O)OC)C(=O)OC)C1c1ccccc1. The van der Waals surface area contributed by atoms with Crippen LogP contribution >= 0.6 is 0 Å². The summed E-state index contributed by atoms with van der Waals surface area (Å²) in [4.78, 5) is 51.6. The Balaban J connectivity index is 2.33. The average molecular weight is 469 g/mol. The number of hydrogen-bond acceptors (Lipinski definition) is 8. The van der Waals surface area contributed by atoms with Gasteiger partial charge in [0.1, 0.15) is 0 Å². The van der Waals surface area contributed by atoms with Gasteiger partial charge in [0.25, 0.3) is 0 Å². The van der Waals surface area contributed by atoms with Crippen molar-refractivity contribution in [2.45, 2.75) is 18.3 Å². The third kappa shape index (κ3) is 4.66. The molecule has 0 fully saturated rings. The molecule has 0 amide bonds. The zero-order valence-electron chi connectivity index (χ0n) is 19.6. The van der Waals surface area contributed by atoms with Crippen molar-refractivity contribution in [2.24, 2.45) is 17.8 Å². The maximum Gasteiger partial charge on any atom is 0.320 e. The summed E-state index contributed by atoms with van der Waals surface area (Å²) in [6.07, 6.45) is 0.330. The Labute approximate surface area is 198 Å². The number of benzene rings is 2. The first-order chi connectivity index (χ1) is 16.4. The highest BCUT2D eigenvalue weighted by Gasteiger charge is 2.53. The smallest absolute Gasteiger partial charge is 0.320 e. The molecule has 8 heteroatoms. The summed E-state index contributed by atoms with van der Waals surface area (Å²) in [5, 5.41) is 0. The van der Waals surface area contributed by atoms with Crippen molar-refractivity contribution in [3.63, 3.8) is 0 Å². The Hall–Kier alpha value is -3.68. The molecule has 0 radical (unpaired) electrons. The van der Waals surface area contributed by atoms with Gasteiger partial charge in [-0.2, -0.15) is 0 Å². The van der Waals surface area contributed by atoms with Crippen molar-refractivity contribution in [2.75, 3.05) is 28.4 Å². The minimum atomic E-state index is -1.32. The quantitative estimate of drug-likeness (QED) is 0.347. The first-order valence-corrected chi connectivity index (χ1v) is 10.8. The summed E-state index contributed by atoms with van der Waals surface area (Å²) in [7, 11) is 4.81. The average Bonchev–Trinajstić information content (AvgIpc) is 2.88. The fourth-order valence-corrected chi connectivity index (χ4v) is 5.07. The lowest BCUT2D eigenvalue weighted by Gasteiger charge is -2.43. The minimum absolute atomic E-state index is 0.330. The van der Waals surface area contributed by atoms with Crippen molar-refractivity contribution in [1.29, 1.82) is 0 Å². The summed E-state index contributed by atoms with van der Waals surface area (Å²) in [6.45, 7) is 0. The van der Waals surface area contributed by atoms with Crippen molar-refractivity contribution in [3.8, 4) is 0 Å². The molecule has 1 aliphatic rings. The van der Waals surface area contributed by atoms with Crippen molar-refractivity contribution >= 4 is 23.9 Å². The van der Waals surface area contributed by atoms with Crippen LogP contribution in [0.5, 0.6) is 0 Å². The number of rotatable bonds is 7. The Morgan fingerprint density at radius 2 is 1.15 bits per heavy atom. The lowest BCUT2D eigenvalue weighted by atomic mass is 9.59. The van der Waals surface area contributed by atoms with Gasteiger partial charge >= 0.3 is 23.9 Å². The predicted molar refractivity (Wildman–Crippen MR) is 121 cm³/mol. The van der Waals surface area contributed by atoms with E-state index in [1.165, 1.54) is 28.4 Å². The maximum absolute atomic E-state index is 12.9. The van der Waals surface area contributed by atoms with Crippen LogP contribution < -0.4 is 0 Å². The van der Waals surface area contributed by atoms with Gasteiger partial charge in [0, 0.05) is 5.92 Å². The molecule has 0 N–H and O–H groups in total. The van der Waals surface area contributed by atoms with Crippen LogP contribution in [0, 0.1) is 17.8 Å². The second-order valence-electron chi connectivity index (χ2n) is 8.08. The van der Waals surface area contributed by atoms with E-state index in [-0.39, 0.29) is 0 Å². The van der Waals surface area contributed by atoms with Crippen LogP contribution in [-0.4, -0.2) is 52.3 Å². The minimum Gasteiger partial charge on any atom is -0.468 e. The number of methoxy groups -OCH3 is 4. The number of carbonyl (C=O) groups excluding carboxylic acids is 4. The molecule has 1 aliphatic carbocycles. The Bertz CT molecular complexity index is 1020. The van der Waals surface area contributed by atoms with Crippen molar-refractivity contribution in [1.82, 2.24) is 0 Å². The van der Waals surface area contributed by atoms with Crippen molar-refractivity contribution in [3.05, 3.63) is 71.3 Å². The van der Waals surface area contributed by atoms with Gasteiger partial charge < -0.3 is 18.9 Å². The monoisotopic (exact) mass is 468 g/mol. The molecule has 2 aromatic rings. The molecule has 3 rings (SSSR count). The molecular formula is C26H28O8. The van der Waals surface area contributed by atoms with E-state index in [0.717, 1.165) is 16.7 Å². The van der Waals surface area contributed by atoms with Gasteiger partial charge in [0.15, 0.2) is 11.8 Å². The van der Waals surface area contributed by atoms with Crippen LogP contribution in [0.25, 0.3) is 0 Å². The highest BCUT2D eigenvalue weighted by molar-refractivity contribution is 5.97. The number of hydrogen-bond donors (Lipinski definition) is 0. The third-order valence-corrected chi connectivity index (χ3v) is 6.51. The van der Waals surface area contributed by atoms with Crippen LogP contribution in [0.2, 0.25) is 0 Å². The number of esters is 4. The normalized spacial score (nSPS) is 19.2. The maximum atomic E-state index is 12.9. The first kappa shape index (κ1) is 25.0. The lowest BCUT2D eigenvalue weighted by molar-refractivity contribution is -0.162. The molecule has 3 atom stereocenters. The van der Waals surface area contributed by atoms with E-state index in [2.05, 4.69) is 0 Å². The second kappa shape index (κ2) is 11.0. The molecule has 3 unspecified atom stereocenters. The summed E-state index contributed by atoms with van der Waals surface area (Å²) in [5.41, 5.74) is 2.31. The Morgan fingerprint density at radius 1 is 0.676 bits per heavy atom. The number of fused-ring (bicyclic) bond motifs is 1. The standard InChI is InChI=1S/C26H28O8/c1-31-23(27)21(24(28)32-2)18-14-16-12-8-9-13-17(16)20(19(18)15-10-6-5-7-11-15)22(25(29)33-3)26(30)34-4/h5-13,18-22H,14H2,1-4H3. The summed E-state index contributed by atoms with van der Waals surface area (Å²) < 4.78 is 19.9. The molecule has 0 bridgehead atoms. The Kier molecular flexibility index (Phi) is 8.04. The van der Waals surface area contributed by atoms with E-state index in [9.17, 15) is 19.2 Å². The second-order valence-corrected chi connectivity index (χ2v) is 8.08.